The van der Waals surface area contributed by atoms with E-state index in [1.54, 1.807) is 6.07 Å². The molecule has 0 aliphatic heterocycles. The molecule has 0 aliphatic rings. The second-order valence-electron chi connectivity index (χ2n) is 3.19. The van der Waals surface area contributed by atoms with Gasteiger partial charge in [0.25, 0.3) is 0 Å². The normalized spacial score (nSPS) is 10.3. The highest BCUT2D eigenvalue weighted by Crippen LogP contribution is 2.27. The van der Waals surface area contributed by atoms with Crippen LogP contribution in [0.2, 0.25) is 0 Å². The summed E-state index contributed by atoms with van der Waals surface area (Å²) in [5, 5.41) is 3.10. The summed E-state index contributed by atoms with van der Waals surface area (Å²) in [4.78, 5) is 8.28. The van der Waals surface area contributed by atoms with Gasteiger partial charge in [-0.3, -0.25) is 0 Å². The molecule has 3 N–H and O–H groups in total. The van der Waals surface area contributed by atoms with Crippen LogP contribution in [0.15, 0.2) is 33.3 Å². The fourth-order valence-corrected chi connectivity index (χ4v) is 3.00. The number of rotatable bonds is 2. The van der Waals surface area contributed by atoms with Crippen molar-refractivity contribution >= 4 is 71.9 Å². The lowest BCUT2D eigenvalue weighted by atomic mass is 10.3. The van der Waals surface area contributed by atoms with Crippen LogP contribution < -0.4 is 11.1 Å². The fourth-order valence-electron chi connectivity index (χ4n) is 1.20. The predicted molar refractivity (Wildman–Crippen MR) is 84.3 cm³/mol. The molecular formula is C10H7Br2IN4. The maximum atomic E-state index is 5.64. The number of aromatic nitrogens is 2. The molecule has 0 unspecified atom stereocenters. The van der Waals surface area contributed by atoms with Gasteiger partial charge in [-0.05, 0) is 72.6 Å². The van der Waals surface area contributed by atoms with Crippen molar-refractivity contribution in [2.75, 3.05) is 11.1 Å². The minimum atomic E-state index is 0.413. The van der Waals surface area contributed by atoms with Gasteiger partial charge < -0.3 is 11.1 Å². The van der Waals surface area contributed by atoms with Crippen molar-refractivity contribution in [3.63, 3.8) is 0 Å². The molecule has 1 heterocycles. The Bertz CT molecular complexity index is 542. The van der Waals surface area contributed by atoms with Crippen LogP contribution in [0.1, 0.15) is 0 Å². The average Bonchev–Trinajstić information content (AvgIpc) is 2.21. The Kier molecular flexibility index (Phi) is 4.21. The minimum absolute atomic E-state index is 0.413. The van der Waals surface area contributed by atoms with Gasteiger partial charge in [0.15, 0.2) is 0 Å². The lowest BCUT2D eigenvalue weighted by Gasteiger charge is -2.08. The van der Waals surface area contributed by atoms with Gasteiger partial charge in [-0.1, -0.05) is 0 Å². The SMILES string of the molecule is Nc1cc(Br)nc(Nc2ccc(I)cc2Br)n1. The van der Waals surface area contributed by atoms with Crippen LogP contribution in [0.4, 0.5) is 17.5 Å². The summed E-state index contributed by atoms with van der Waals surface area (Å²) in [7, 11) is 0. The summed E-state index contributed by atoms with van der Waals surface area (Å²) in [5.41, 5.74) is 6.53. The molecule has 0 aliphatic carbocycles. The maximum Gasteiger partial charge on any atom is 0.230 e. The zero-order chi connectivity index (χ0) is 12.4. The van der Waals surface area contributed by atoms with Crippen molar-refractivity contribution in [3.8, 4) is 0 Å². The van der Waals surface area contributed by atoms with E-state index in [-0.39, 0.29) is 0 Å². The third kappa shape index (κ3) is 3.52. The van der Waals surface area contributed by atoms with Gasteiger partial charge in [-0.2, -0.15) is 4.98 Å². The van der Waals surface area contributed by atoms with Gasteiger partial charge >= 0.3 is 0 Å². The molecule has 0 bridgehead atoms. The molecule has 0 saturated carbocycles. The highest BCUT2D eigenvalue weighted by Gasteiger charge is 2.04. The number of nitrogens with two attached hydrogens (primary N) is 1. The molecule has 0 saturated heterocycles. The number of hydrogen-bond donors (Lipinski definition) is 2. The molecule has 0 fully saturated rings. The Morgan fingerprint density at radius 2 is 1.94 bits per heavy atom. The monoisotopic (exact) mass is 468 g/mol. The second-order valence-corrected chi connectivity index (χ2v) is 6.10. The molecule has 88 valence electrons. The van der Waals surface area contributed by atoms with Crippen molar-refractivity contribution < 1.29 is 0 Å². The summed E-state index contributed by atoms with van der Waals surface area (Å²) in [6, 6.07) is 7.60. The average molecular weight is 470 g/mol. The molecule has 4 nitrogen and oxygen atoms in total. The highest BCUT2D eigenvalue weighted by molar-refractivity contribution is 14.1. The van der Waals surface area contributed by atoms with Crippen molar-refractivity contribution in [3.05, 3.63) is 36.9 Å². The number of nitrogen functional groups attached to an aromatic ring is 1. The Balaban J connectivity index is 2.31. The highest BCUT2D eigenvalue weighted by atomic mass is 127. The Hall–Kier alpha value is -0.410. The Labute approximate surface area is 129 Å². The first-order chi connectivity index (χ1) is 8.04. The molecule has 0 atom stereocenters. The molecule has 0 radical (unpaired) electrons. The Morgan fingerprint density at radius 1 is 1.18 bits per heavy atom. The lowest BCUT2D eigenvalue weighted by molar-refractivity contribution is 1.15. The van der Waals surface area contributed by atoms with Crippen LogP contribution >= 0.6 is 54.5 Å². The summed E-state index contributed by atoms with van der Waals surface area (Å²) in [6.45, 7) is 0. The van der Waals surface area contributed by atoms with Crippen LogP contribution in [-0.4, -0.2) is 9.97 Å². The van der Waals surface area contributed by atoms with E-state index in [0.717, 1.165) is 13.7 Å². The van der Waals surface area contributed by atoms with Gasteiger partial charge in [0.2, 0.25) is 5.95 Å². The fraction of sp³-hybridized carbons (Fsp3) is 0. The number of anilines is 3. The summed E-state index contributed by atoms with van der Waals surface area (Å²) < 4.78 is 2.75. The van der Waals surface area contributed by atoms with E-state index in [2.05, 4.69) is 69.7 Å². The first-order valence-electron chi connectivity index (χ1n) is 4.57. The summed E-state index contributed by atoms with van der Waals surface area (Å²) in [5.74, 6) is 0.870. The van der Waals surface area contributed by atoms with E-state index in [1.807, 2.05) is 18.2 Å². The first-order valence-corrected chi connectivity index (χ1v) is 7.23. The smallest absolute Gasteiger partial charge is 0.230 e. The van der Waals surface area contributed by atoms with Crippen LogP contribution in [0, 0.1) is 3.57 Å². The lowest BCUT2D eigenvalue weighted by Crippen LogP contribution is -2.01. The molecule has 2 aromatic rings. The van der Waals surface area contributed by atoms with Crippen LogP contribution in [0.3, 0.4) is 0 Å². The second kappa shape index (κ2) is 5.49. The van der Waals surface area contributed by atoms with Crippen molar-refractivity contribution in [1.82, 2.24) is 9.97 Å². The van der Waals surface area contributed by atoms with Gasteiger partial charge in [0.05, 0.1) is 5.69 Å². The van der Waals surface area contributed by atoms with E-state index < -0.39 is 0 Å². The summed E-state index contributed by atoms with van der Waals surface area (Å²) in [6.07, 6.45) is 0. The topological polar surface area (TPSA) is 63.8 Å². The van der Waals surface area contributed by atoms with Crippen molar-refractivity contribution in [2.24, 2.45) is 0 Å². The number of nitrogens with zero attached hydrogens (tertiary/aromatic N) is 2. The van der Waals surface area contributed by atoms with Gasteiger partial charge in [-0.25, -0.2) is 4.98 Å². The molecule has 0 amide bonds. The molecule has 17 heavy (non-hydrogen) atoms. The zero-order valence-corrected chi connectivity index (χ0v) is 13.7. The number of hydrogen-bond acceptors (Lipinski definition) is 4. The quantitative estimate of drug-likeness (QED) is 0.517. The third-order valence-electron chi connectivity index (χ3n) is 1.89. The van der Waals surface area contributed by atoms with E-state index in [1.165, 1.54) is 0 Å². The van der Waals surface area contributed by atoms with Crippen LogP contribution in [0.25, 0.3) is 0 Å². The maximum absolute atomic E-state index is 5.64. The van der Waals surface area contributed by atoms with E-state index >= 15 is 0 Å². The first kappa shape index (κ1) is 13.0. The van der Waals surface area contributed by atoms with Gasteiger partial charge in [0, 0.05) is 14.1 Å². The number of benzene rings is 1. The standard InChI is InChI=1S/C10H7Br2IN4/c11-6-3-5(13)1-2-7(6)15-10-16-8(12)4-9(14)17-10/h1-4H,(H3,14,15,16,17). The van der Waals surface area contributed by atoms with E-state index in [0.29, 0.717) is 16.4 Å². The van der Waals surface area contributed by atoms with E-state index in [9.17, 15) is 0 Å². The number of nitrogens with one attached hydrogen (secondary N) is 1. The molecule has 7 heteroatoms. The van der Waals surface area contributed by atoms with Crippen molar-refractivity contribution in [1.29, 1.82) is 0 Å². The molecule has 1 aromatic carbocycles. The van der Waals surface area contributed by atoms with E-state index in [4.69, 9.17) is 5.73 Å². The predicted octanol–water partition coefficient (Wildman–Crippen LogP) is 3.93. The van der Waals surface area contributed by atoms with Gasteiger partial charge in [-0.15, -0.1) is 0 Å². The number of halogens is 3. The van der Waals surface area contributed by atoms with Crippen LogP contribution in [0.5, 0.6) is 0 Å². The molecule has 0 spiro atoms. The Morgan fingerprint density at radius 3 is 2.59 bits per heavy atom. The summed E-state index contributed by atoms with van der Waals surface area (Å²) >= 11 is 9.00. The van der Waals surface area contributed by atoms with Crippen LogP contribution in [-0.2, 0) is 0 Å². The molecule has 2 rings (SSSR count). The molecular weight excluding hydrogens is 463 g/mol. The largest absolute Gasteiger partial charge is 0.383 e. The zero-order valence-electron chi connectivity index (χ0n) is 8.42. The molecule has 1 aromatic heterocycles. The van der Waals surface area contributed by atoms with Crippen molar-refractivity contribution in [2.45, 2.75) is 0 Å². The van der Waals surface area contributed by atoms with Gasteiger partial charge in [0.1, 0.15) is 10.4 Å². The third-order valence-corrected chi connectivity index (χ3v) is 3.63. The minimum Gasteiger partial charge on any atom is -0.383 e.